The van der Waals surface area contributed by atoms with Crippen molar-refractivity contribution in [3.05, 3.63) is 88.4 Å². The minimum absolute atomic E-state index is 0.00000386. The van der Waals surface area contributed by atoms with E-state index in [4.69, 9.17) is 16.3 Å². The van der Waals surface area contributed by atoms with E-state index >= 15 is 0 Å². The number of hydrogen-bond donors (Lipinski definition) is 1. The van der Waals surface area contributed by atoms with Crippen molar-refractivity contribution >= 4 is 39.1 Å². The van der Waals surface area contributed by atoms with E-state index in [0.717, 1.165) is 27.4 Å². The van der Waals surface area contributed by atoms with Crippen LogP contribution < -0.4 is 14.4 Å². The molecule has 3 rings (SSSR count). The van der Waals surface area contributed by atoms with Gasteiger partial charge in [0.25, 0.3) is 10.0 Å². The molecule has 0 aromatic heterocycles. The maximum Gasteiger partial charge on any atom is 0.264 e. The lowest BCUT2D eigenvalue weighted by atomic mass is 10.1. The van der Waals surface area contributed by atoms with Crippen LogP contribution in [0.3, 0.4) is 0 Å². The van der Waals surface area contributed by atoms with Gasteiger partial charge in [-0.2, -0.15) is 0 Å². The Labute approximate surface area is 248 Å². The van der Waals surface area contributed by atoms with Crippen molar-refractivity contribution in [2.45, 2.75) is 58.0 Å². The van der Waals surface area contributed by atoms with Gasteiger partial charge in [-0.15, -0.1) is 0 Å². The topological polar surface area (TPSA) is 96.0 Å². The molecule has 0 fully saturated rings. The predicted molar refractivity (Wildman–Crippen MR) is 163 cm³/mol. The number of methoxy groups -OCH3 is 1. The minimum Gasteiger partial charge on any atom is -0.497 e. The summed E-state index contributed by atoms with van der Waals surface area (Å²) in [4.78, 5) is 28.8. The van der Waals surface area contributed by atoms with Crippen molar-refractivity contribution < 1.29 is 22.7 Å². The number of aryl methyl sites for hydroxylation is 2. The van der Waals surface area contributed by atoms with E-state index in [1.165, 1.54) is 29.2 Å². The average Bonchev–Trinajstić information content (AvgIpc) is 2.96. The van der Waals surface area contributed by atoms with Gasteiger partial charge in [0.15, 0.2) is 0 Å². The highest BCUT2D eigenvalue weighted by Crippen LogP contribution is 2.27. The van der Waals surface area contributed by atoms with Gasteiger partial charge >= 0.3 is 0 Å². The summed E-state index contributed by atoms with van der Waals surface area (Å²) in [5, 5.41) is 3.28. The first-order valence-electron chi connectivity index (χ1n) is 13.6. The Morgan fingerprint density at radius 2 is 1.68 bits per heavy atom. The van der Waals surface area contributed by atoms with E-state index in [1.807, 2.05) is 39.8 Å². The molecule has 0 bridgehead atoms. The van der Waals surface area contributed by atoms with E-state index in [9.17, 15) is 18.0 Å². The molecule has 0 aliphatic heterocycles. The molecule has 8 nitrogen and oxygen atoms in total. The zero-order chi connectivity index (χ0) is 30.2. The normalized spacial score (nSPS) is 12.0. The van der Waals surface area contributed by atoms with Crippen molar-refractivity contribution in [3.8, 4) is 5.75 Å². The summed E-state index contributed by atoms with van der Waals surface area (Å²) in [6.07, 6.45) is 1.09. The third kappa shape index (κ3) is 8.01. The largest absolute Gasteiger partial charge is 0.497 e. The molecule has 0 aliphatic rings. The lowest BCUT2D eigenvalue weighted by molar-refractivity contribution is -0.140. The van der Waals surface area contributed by atoms with Crippen molar-refractivity contribution in [3.63, 3.8) is 0 Å². The molecule has 0 heterocycles. The first kappa shape index (κ1) is 32.0. The maximum atomic E-state index is 14.1. The van der Waals surface area contributed by atoms with E-state index in [2.05, 4.69) is 5.32 Å². The van der Waals surface area contributed by atoms with Crippen molar-refractivity contribution in [2.75, 3.05) is 24.5 Å². The van der Waals surface area contributed by atoms with Crippen molar-refractivity contribution in [2.24, 2.45) is 0 Å². The zero-order valence-corrected chi connectivity index (χ0v) is 25.8. The van der Waals surface area contributed by atoms with Crippen LogP contribution in [0.4, 0.5) is 5.69 Å². The van der Waals surface area contributed by atoms with Gasteiger partial charge in [-0.25, -0.2) is 8.42 Å². The molecular formula is C31H38ClN3O5S. The first-order chi connectivity index (χ1) is 19.5. The number of ether oxygens (including phenoxy) is 1. The Morgan fingerprint density at radius 1 is 0.976 bits per heavy atom. The highest BCUT2D eigenvalue weighted by Gasteiger charge is 2.33. The summed E-state index contributed by atoms with van der Waals surface area (Å²) in [5.74, 6) is -0.188. The van der Waals surface area contributed by atoms with Crippen molar-refractivity contribution in [1.82, 2.24) is 10.2 Å². The van der Waals surface area contributed by atoms with Crippen LogP contribution in [0, 0.1) is 13.8 Å². The Kier molecular flexibility index (Phi) is 11.2. The van der Waals surface area contributed by atoms with Crippen LogP contribution >= 0.6 is 11.6 Å². The molecule has 0 saturated carbocycles. The number of benzene rings is 3. The van der Waals surface area contributed by atoms with E-state index in [1.54, 1.807) is 37.4 Å². The van der Waals surface area contributed by atoms with Crippen LogP contribution in [-0.4, -0.2) is 51.4 Å². The van der Waals surface area contributed by atoms with E-state index in [0.29, 0.717) is 29.4 Å². The lowest BCUT2D eigenvalue weighted by Gasteiger charge is -2.33. The summed E-state index contributed by atoms with van der Waals surface area (Å²) in [6, 6.07) is 17.5. The monoisotopic (exact) mass is 599 g/mol. The molecule has 0 radical (unpaired) electrons. The third-order valence-electron chi connectivity index (χ3n) is 6.88. The number of carbonyl (C=O) groups excluding carboxylic acids is 2. The van der Waals surface area contributed by atoms with Crippen LogP contribution in [0.2, 0.25) is 5.02 Å². The number of halogens is 1. The van der Waals surface area contributed by atoms with Gasteiger partial charge in [0, 0.05) is 18.1 Å². The Morgan fingerprint density at radius 3 is 2.29 bits per heavy atom. The fraction of sp³-hybridized carbons (Fsp3) is 0.355. The number of nitrogens with one attached hydrogen (secondary N) is 1. The molecule has 1 N–H and O–H groups in total. The third-order valence-corrected chi connectivity index (χ3v) is 8.92. The van der Waals surface area contributed by atoms with Gasteiger partial charge in [0.2, 0.25) is 11.8 Å². The molecule has 0 unspecified atom stereocenters. The molecule has 3 aromatic carbocycles. The van der Waals surface area contributed by atoms with E-state index < -0.39 is 28.5 Å². The molecule has 0 spiro atoms. The van der Waals surface area contributed by atoms with Crippen LogP contribution in [-0.2, 0) is 26.2 Å². The number of sulfonamides is 1. The Bertz CT molecular complexity index is 1460. The van der Waals surface area contributed by atoms with Crippen LogP contribution in [0.25, 0.3) is 0 Å². The Balaban J connectivity index is 2.08. The lowest BCUT2D eigenvalue weighted by Crippen LogP contribution is -2.52. The van der Waals surface area contributed by atoms with Crippen LogP contribution in [0.15, 0.2) is 71.6 Å². The minimum atomic E-state index is -4.17. The van der Waals surface area contributed by atoms with Gasteiger partial charge in [-0.1, -0.05) is 43.6 Å². The second kappa shape index (κ2) is 14.4. The molecule has 1 atom stereocenters. The number of hydrogen-bond acceptors (Lipinski definition) is 5. The highest BCUT2D eigenvalue weighted by molar-refractivity contribution is 7.92. The standard InChI is InChI=1S/C31H38ClN3O5S/c1-6-17-33-31(37)29(7-2)34(20-24-9-8-10-27(19-24)40-5)30(36)21-35(26-14-11-22(3)23(4)18-26)41(38,39)28-15-12-25(32)13-16-28/h8-16,18-19,29H,6-7,17,20-21H2,1-5H3,(H,33,37)/t29-/m0/s1. The second-order valence-corrected chi connectivity index (χ2v) is 12.1. The second-order valence-electron chi connectivity index (χ2n) is 9.82. The fourth-order valence-electron chi connectivity index (χ4n) is 4.40. The summed E-state index contributed by atoms with van der Waals surface area (Å²) in [7, 11) is -2.62. The number of amides is 2. The zero-order valence-electron chi connectivity index (χ0n) is 24.2. The Hall–Kier alpha value is -3.56. The molecule has 41 heavy (non-hydrogen) atoms. The SMILES string of the molecule is CCCNC(=O)[C@H](CC)N(Cc1cccc(OC)c1)C(=O)CN(c1ccc(C)c(C)c1)S(=O)(=O)c1ccc(Cl)cc1. The smallest absolute Gasteiger partial charge is 0.264 e. The van der Waals surface area contributed by atoms with Crippen LogP contribution in [0.5, 0.6) is 5.75 Å². The highest BCUT2D eigenvalue weighted by atomic mass is 35.5. The summed E-state index contributed by atoms with van der Waals surface area (Å²) in [5.41, 5.74) is 2.96. The molecule has 0 saturated heterocycles. The van der Waals surface area contributed by atoms with Gasteiger partial charge in [0.1, 0.15) is 18.3 Å². The van der Waals surface area contributed by atoms with Crippen molar-refractivity contribution in [1.29, 1.82) is 0 Å². The molecule has 220 valence electrons. The number of anilines is 1. The quantitative estimate of drug-likeness (QED) is 0.280. The number of nitrogens with zero attached hydrogens (tertiary/aromatic N) is 2. The van der Waals surface area contributed by atoms with Gasteiger partial charge in [-0.05, 0) is 91.9 Å². The summed E-state index contributed by atoms with van der Waals surface area (Å²) >= 11 is 6.02. The summed E-state index contributed by atoms with van der Waals surface area (Å²) < 4.78 is 34.4. The van der Waals surface area contributed by atoms with Crippen LogP contribution in [0.1, 0.15) is 43.4 Å². The van der Waals surface area contributed by atoms with Gasteiger partial charge in [0.05, 0.1) is 17.7 Å². The molecule has 3 aromatic rings. The number of rotatable bonds is 13. The summed E-state index contributed by atoms with van der Waals surface area (Å²) in [6.45, 7) is 7.64. The predicted octanol–water partition coefficient (Wildman–Crippen LogP) is 5.49. The molecular weight excluding hydrogens is 562 g/mol. The molecule has 2 amide bonds. The first-order valence-corrected chi connectivity index (χ1v) is 15.4. The van der Waals surface area contributed by atoms with Gasteiger partial charge < -0.3 is 15.0 Å². The molecule has 10 heteroatoms. The van der Waals surface area contributed by atoms with Gasteiger partial charge in [-0.3, -0.25) is 13.9 Å². The average molecular weight is 600 g/mol. The molecule has 0 aliphatic carbocycles. The fourth-order valence-corrected chi connectivity index (χ4v) is 5.93. The van der Waals surface area contributed by atoms with E-state index in [-0.39, 0.29) is 17.3 Å². The maximum absolute atomic E-state index is 14.1. The number of carbonyl (C=O) groups is 2.